The summed E-state index contributed by atoms with van der Waals surface area (Å²) in [5.74, 6) is -0.309. The van der Waals surface area contributed by atoms with Crippen LogP contribution in [-0.2, 0) is 24.3 Å². The minimum Gasteiger partial charge on any atom is -0.324 e. The number of aromatic nitrogens is 2. The Morgan fingerprint density at radius 1 is 0.969 bits per heavy atom. The van der Waals surface area contributed by atoms with Crippen LogP contribution in [0.1, 0.15) is 21.6 Å². The number of carbonyl (C=O) groups excluding carboxylic acids is 1. The number of para-hydroxylation sites is 1. The Morgan fingerprint density at radius 3 is 2.38 bits per heavy atom. The van der Waals surface area contributed by atoms with Crippen LogP contribution in [0.25, 0.3) is 10.9 Å². The SMILES string of the molecule is Cc1cc(C)c(NC(=O)Cn2c(=O)n(CCc3cccs3)c(=O)c3ccccc32)c(C)c1. The van der Waals surface area contributed by atoms with Crippen LogP contribution in [0.5, 0.6) is 0 Å². The van der Waals surface area contributed by atoms with Gasteiger partial charge >= 0.3 is 5.69 Å². The van der Waals surface area contributed by atoms with Crippen LogP contribution >= 0.6 is 11.3 Å². The van der Waals surface area contributed by atoms with Crippen molar-refractivity contribution in [1.82, 2.24) is 9.13 Å². The summed E-state index contributed by atoms with van der Waals surface area (Å²) >= 11 is 1.59. The molecule has 0 spiro atoms. The highest BCUT2D eigenvalue weighted by atomic mass is 32.1. The third-order valence-corrected chi connectivity index (χ3v) is 6.47. The van der Waals surface area contributed by atoms with E-state index in [1.165, 1.54) is 9.13 Å². The standard InChI is InChI=1S/C25H25N3O3S/c1-16-13-17(2)23(18(3)14-16)26-22(29)15-28-21-9-5-4-8-20(21)24(30)27(25(28)31)11-10-19-7-6-12-32-19/h4-9,12-14H,10-11,15H2,1-3H3,(H,26,29). The number of carbonyl (C=O) groups is 1. The average molecular weight is 448 g/mol. The molecule has 2 aromatic carbocycles. The van der Waals surface area contributed by atoms with E-state index in [1.807, 2.05) is 50.4 Å². The van der Waals surface area contributed by atoms with E-state index in [0.717, 1.165) is 27.3 Å². The van der Waals surface area contributed by atoms with E-state index in [2.05, 4.69) is 5.32 Å². The van der Waals surface area contributed by atoms with Crippen molar-refractivity contribution in [3.05, 3.63) is 96.3 Å². The Labute approximate surface area is 189 Å². The number of fused-ring (bicyclic) bond motifs is 1. The van der Waals surface area contributed by atoms with Crippen molar-refractivity contribution in [2.75, 3.05) is 5.32 Å². The first-order valence-corrected chi connectivity index (χ1v) is 11.4. The Bertz CT molecular complexity index is 1390. The summed E-state index contributed by atoms with van der Waals surface area (Å²) in [6, 6.07) is 14.9. The van der Waals surface area contributed by atoms with Gasteiger partial charge in [-0.25, -0.2) is 4.79 Å². The number of aryl methyl sites for hydroxylation is 4. The second-order valence-electron chi connectivity index (χ2n) is 7.99. The molecule has 0 atom stereocenters. The molecule has 1 N–H and O–H groups in total. The molecule has 2 heterocycles. The van der Waals surface area contributed by atoms with Gasteiger partial charge in [-0.15, -0.1) is 11.3 Å². The number of amides is 1. The van der Waals surface area contributed by atoms with Gasteiger partial charge in [0.25, 0.3) is 5.56 Å². The van der Waals surface area contributed by atoms with Gasteiger partial charge in [-0.2, -0.15) is 0 Å². The van der Waals surface area contributed by atoms with Gasteiger partial charge in [0, 0.05) is 17.1 Å². The van der Waals surface area contributed by atoms with E-state index in [-0.39, 0.29) is 24.6 Å². The van der Waals surface area contributed by atoms with Crippen LogP contribution in [0.3, 0.4) is 0 Å². The van der Waals surface area contributed by atoms with Crippen LogP contribution in [-0.4, -0.2) is 15.0 Å². The molecule has 0 aliphatic carbocycles. The Balaban J connectivity index is 1.71. The molecule has 7 heteroatoms. The Morgan fingerprint density at radius 2 is 1.69 bits per heavy atom. The first-order chi connectivity index (χ1) is 15.3. The maximum absolute atomic E-state index is 13.3. The number of thiophene rings is 1. The van der Waals surface area contributed by atoms with Crippen molar-refractivity contribution in [2.24, 2.45) is 0 Å². The van der Waals surface area contributed by atoms with Crippen LogP contribution in [0.15, 0.2) is 63.5 Å². The maximum Gasteiger partial charge on any atom is 0.331 e. The van der Waals surface area contributed by atoms with Gasteiger partial charge < -0.3 is 5.32 Å². The molecule has 4 aromatic rings. The molecular weight excluding hydrogens is 422 g/mol. The molecule has 0 aliphatic rings. The fourth-order valence-electron chi connectivity index (χ4n) is 4.10. The van der Waals surface area contributed by atoms with Gasteiger partial charge in [0.05, 0.1) is 10.9 Å². The molecular formula is C25H25N3O3S. The normalized spacial score (nSPS) is 11.1. The van der Waals surface area contributed by atoms with E-state index >= 15 is 0 Å². The number of anilines is 1. The van der Waals surface area contributed by atoms with Crippen molar-refractivity contribution in [2.45, 2.75) is 40.3 Å². The summed E-state index contributed by atoms with van der Waals surface area (Å²) in [7, 11) is 0. The highest BCUT2D eigenvalue weighted by Gasteiger charge is 2.16. The van der Waals surface area contributed by atoms with E-state index in [0.29, 0.717) is 17.3 Å². The second-order valence-corrected chi connectivity index (χ2v) is 9.03. The van der Waals surface area contributed by atoms with E-state index in [4.69, 9.17) is 0 Å². The molecule has 6 nitrogen and oxygen atoms in total. The minimum absolute atomic E-state index is 0.175. The minimum atomic E-state index is -0.474. The molecule has 0 aliphatic heterocycles. The lowest BCUT2D eigenvalue weighted by molar-refractivity contribution is -0.116. The summed E-state index contributed by atoms with van der Waals surface area (Å²) < 4.78 is 2.62. The van der Waals surface area contributed by atoms with Gasteiger partial charge in [0.15, 0.2) is 0 Å². The largest absolute Gasteiger partial charge is 0.331 e. The molecule has 0 saturated heterocycles. The van der Waals surface area contributed by atoms with Crippen molar-refractivity contribution >= 4 is 33.8 Å². The molecule has 164 valence electrons. The molecule has 4 rings (SSSR count). The van der Waals surface area contributed by atoms with Crippen LogP contribution in [0.4, 0.5) is 5.69 Å². The van der Waals surface area contributed by atoms with Crippen LogP contribution < -0.4 is 16.6 Å². The molecule has 1 amide bonds. The van der Waals surface area contributed by atoms with Crippen molar-refractivity contribution in [3.63, 3.8) is 0 Å². The number of benzene rings is 2. The number of nitrogens with zero attached hydrogens (tertiary/aromatic N) is 2. The summed E-state index contributed by atoms with van der Waals surface area (Å²) in [4.78, 5) is 40.3. The first kappa shape index (κ1) is 21.8. The third-order valence-electron chi connectivity index (χ3n) is 5.54. The zero-order valence-electron chi connectivity index (χ0n) is 18.3. The predicted molar refractivity (Wildman–Crippen MR) is 130 cm³/mol. The van der Waals surface area contributed by atoms with Crippen molar-refractivity contribution < 1.29 is 4.79 Å². The van der Waals surface area contributed by atoms with Crippen molar-refractivity contribution in [3.8, 4) is 0 Å². The van der Waals surface area contributed by atoms with Gasteiger partial charge in [0.1, 0.15) is 6.54 Å². The van der Waals surface area contributed by atoms with E-state index in [1.54, 1.807) is 35.6 Å². The molecule has 0 saturated carbocycles. The van der Waals surface area contributed by atoms with Crippen molar-refractivity contribution in [1.29, 1.82) is 0 Å². The molecule has 0 radical (unpaired) electrons. The lowest BCUT2D eigenvalue weighted by atomic mass is 10.1. The number of hydrogen-bond donors (Lipinski definition) is 1. The zero-order valence-corrected chi connectivity index (χ0v) is 19.2. The topological polar surface area (TPSA) is 73.1 Å². The molecule has 32 heavy (non-hydrogen) atoms. The lowest BCUT2D eigenvalue weighted by Gasteiger charge is -2.16. The fraction of sp³-hybridized carbons (Fsp3) is 0.240. The molecule has 0 fully saturated rings. The van der Waals surface area contributed by atoms with E-state index in [9.17, 15) is 14.4 Å². The third kappa shape index (κ3) is 4.29. The fourth-order valence-corrected chi connectivity index (χ4v) is 4.80. The highest BCUT2D eigenvalue weighted by Crippen LogP contribution is 2.22. The molecule has 0 unspecified atom stereocenters. The maximum atomic E-state index is 13.3. The van der Waals surface area contributed by atoms with Crippen LogP contribution in [0, 0.1) is 20.8 Å². The number of hydrogen-bond acceptors (Lipinski definition) is 4. The number of nitrogens with one attached hydrogen (secondary N) is 1. The van der Waals surface area contributed by atoms with Crippen LogP contribution in [0.2, 0.25) is 0 Å². The summed E-state index contributed by atoms with van der Waals surface area (Å²) in [5, 5.41) is 5.34. The summed E-state index contributed by atoms with van der Waals surface area (Å²) in [6.07, 6.45) is 0.582. The Hall–Kier alpha value is -3.45. The Kier molecular flexibility index (Phi) is 6.10. The number of rotatable bonds is 6. The van der Waals surface area contributed by atoms with E-state index < -0.39 is 5.69 Å². The smallest absolute Gasteiger partial charge is 0.324 e. The zero-order chi connectivity index (χ0) is 22.8. The quantitative estimate of drug-likeness (QED) is 0.485. The highest BCUT2D eigenvalue weighted by molar-refractivity contribution is 7.09. The van der Waals surface area contributed by atoms with Gasteiger partial charge in [-0.1, -0.05) is 35.9 Å². The summed E-state index contributed by atoms with van der Waals surface area (Å²) in [5.41, 5.74) is 3.47. The van der Waals surface area contributed by atoms with Gasteiger partial charge in [0.2, 0.25) is 5.91 Å². The first-order valence-electron chi connectivity index (χ1n) is 10.5. The van der Waals surface area contributed by atoms with Gasteiger partial charge in [-0.3, -0.25) is 18.7 Å². The average Bonchev–Trinajstić information content (AvgIpc) is 3.27. The molecule has 0 bridgehead atoms. The summed E-state index contributed by atoms with van der Waals surface area (Å²) in [6.45, 7) is 5.99. The lowest BCUT2D eigenvalue weighted by Crippen LogP contribution is -2.42. The monoisotopic (exact) mass is 447 g/mol. The second kappa shape index (κ2) is 8.96. The predicted octanol–water partition coefficient (Wildman–Crippen LogP) is 4.03. The van der Waals surface area contributed by atoms with Gasteiger partial charge in [-0.05, 0) is 61.9 Å². The molecule has 2 aromatic heterocycles.